The van der Waals surface area contributed by atoms with Crippen molar-refractivity contribution >= 4 is 34.8 Å². The number of fused-ring (bicyclic) bond motifs is 2. The van der Waals surface area contributed by atoms with Gasteiger partial charge in [-0.3, -0.25) is 19.4 Å². The van der Waals surface area contributed by atoms with Crippen LogP contribution in [0.2, 0.25) is 5.02 Å². The van der Waals surface area contributed by atoms with Crippen molar-refractivity contribution in [2.45, 2.75) is 90.3 Å². The number of hydrogen-bond donors (Lipinski definition) is 2. The quantitative estimate of drug-likeness (QED) is 0.187. The van der Waals surface area contributed by atoms with Crippen LogP contribution in [0.1, 0.15) is 101 Å². The molecule has 2 aromatic carbocycles. The van der Waals surface area contributed by atoms with Gasteiger partial charge in [0.25, 0.3) is 11.8 Å². The normalized spacial score (nSPS) is 18.7. The van der Waals surface area contributed by atoms with Gasteiger partial charge in [0.2, 0.25) is 0 Å². The van der Waals surface area contributed by atoms with Crippen LogP contribution in [-0.4, -0.2) is 79.6 Å². The summed E-state index contributed by atoms with van der Waals surface area (Å²) in [5.41, 5.74) is 7.91. The molecule has 11 nitrogen and oxygen atoms in total. The summed E-state index contributed by atoms with van der Waals surface area (Å²) in [7, 11) is 3.86. The summed E-state index contributed by atoms with van der Waals surface area (Å²) in [5, 5.41) is 6.60. The number of carbonyl (C=O) groups is 2. The van der Waals surface area contributed by atoms with Crippen LogP contribution < -0.4 is 10.6 Å². The fourth-order valence-electron chi connectivity index (χ4n) is 9.19. The number of nitrogens with zero attached hydrogens (tertiary/aromatic N) is 6. The van der Waals surface area contributed by atoms with Crippen LogP contribution in [0.5, 0.6) is 0 Å². The second-order valence-electron chi connectivity index (χ2n) is 15.7. The third kappa shape index (κ3) is 7.48. The molecule has 4 aromatic rings. The number of anilines is 2. The van der Waals surface area contributed by atoms with Gasteiger partial charge in [-0.2, -0.15) is 0 Å². The summed E-state index contributed by atoms with van der Waals surface area (Å²) in [4.78, 5) is 42.1. The highest BCUT2D eigenvalue weighted by atomic mass is 35.5. The van der Waals surface area contributed by atoms with E-state index in [4.69, 9.17) is 26.3 Å². The number of carbonyl (C=O) groups excluding carboxylic acids is 2. The number of benzene rings is 2. The van der Waals surface area contributed by atoms with Gasteiger partial charge < -0.3 is 24.5 Å². The third-order valence-electron chi connectivity index (χ3n) is 12.4. The standard InChI is InChI=1S/C42H53ClN8O3/c1-27-30(11-7-13-32(27)46-41(52)39-45-35-26-51(22-17-37(35)49(39)3)29-18-23-54-24-19-29)31-12-8-14-33(38(31)43)47-42(53)40-44-34-25-50(21-16-36(34)48(40)2)20-15-28-9-5-4-6-10-28/h7-8,11-14,28-29H,4-6,9-10,15-26H2,1-3H3,(H,46,52)(H,47,53). The van der Waals surface area contributed by atoms with Gasteiger partial charge >= 0.3 is 0 Å². The lowest BCUT2D eigenvalue weighted by Crippen LogP contribution is -2.42. The van der Waals surface area contributed by atoms with Crippen molar-refractivity contribution in [1.82, 2.24) is 28.9 Å². The molecule has 2 amide bonds. The molecule has 2 aromatic heterocycles. The zero-order valence-corrected chi connectivity index (χ0v) is 32.7. The summed E-state index contributed by atoms with van der Waals surface area (Å²) in [6.45, 7) is 8.16. The van der Waals surface area contributed by atoms with E-state index >= 15 is 0 Å². The van der Waals surface area contributed by atoms with Crippen LogP contribution in [0, 0.1) is 12.8 Å². The predicted molar refractivity (Wildman–Crippen MR) is 212 cm³/mol. The van der Waals surface area contributed by atoms with Crippen molar-refractivity contribution in [2.75, 3.05) is 43.5 Å². The van der Waals surface area contributed by atoms with E-state index in [9.17, 15) is 9.59 Å². The number of aromatic nitrogens is 4. The molecule has 0 unspecified atom stereocenters. The molecule has 0 bridgehead atoms. The van der Waals surface area contributed by atoms with Gasteiger partial charge in [0.1, 0.15) is 0 Å². The lowest BCUT2D eigenvalue weighted by atomic mass is 9.87. The molecular formula is C42H53ClN8O3. The van der Waals surface area contributed by atoms with E-state index in [-0.39, 0.29) is 11.8 Å². The van der Waals surface area contributed by atoms with E-state index in [0.29, 0.717) is 34.1 Å². The largest absolute Gasteiger partial charge is 0.381 e. The summed E-state index contributed by atoms with van der Waals surface area (Å²) in [6, 6.07) is 11.9. The minimum Gasteiger partial charge on any atom is -0.381 e. The molecule has 1 aliphatic carbocycles. The van der Waals surface area contributed by atoms with E-state index in [2.05, 4.69) is 20.4 Å². The molecule has 54 heavy (non-hydrogen) atoms. The summed E-state index contributed by atoms with van der Waals surface area (Å²) >= 11 is 7.05. The Labute approximate surface area is 323 Å². The molecule has 0 radical (unpaired) electrons. The maximum atomic E-state index is 13.7. The predicted octanol–water partition coefficient (Wildman–Crippen LogP) is 7.15. The van der Waals surface area contributed by atoms with Crippen LogP contribution in [0.4, 0.5) is 11.4 Å². The van der Waals surface area contributed by atoms with E-state index in [0.717, 1.165) is 117 Å². The number of nitrogens with one attached hydrogen (secondary N) is 2. The van der Waals surface area contributed by atoms with Crippen molar-refractivity contribution in [1.29, 1.82) is 0 Å². The zero-order valence-electron chi connectivity index (χ0n) is 31.9. The van der Waals surface area contributed by atoms with Gasteiger partial charge in [-0.15, -0.1) is 0 Å². The van der Waals surface area contributed by atoms with Crippen LogP contribution in [0.15, 0.2) is 36.4 Å². The van der Waals surface area contributed by atoms with Gasteiger partial charge in [-0.25, -0.2) is 9.97 Å². The Morgan fingerprint density at radius 2 is 1.41 bits per heavy atom. The molecule has 2 N–H and O–H groups in total. The molecule has 3 aliphatic heterocycles. The smallest absolute Gasteiger partial charge is 0.291 e. The number of rotatable bonds is 9. The lowest BCUT2D eigenvalue weighted by molar-refractivity contribution is 0.0283. The first-order chi connectivity index (χ1) is 26.2. The molecule has 12 heteroatoms. The Bertz CT molecular complexity index is 2030. The first-order valence-electron chi connectivity index (χ1n) is 19.9. The lowest BCUT2D eigenvalue weighted by Gasteiger charge is -2.36. The number of ether oxygens (including phenoxy) is 1. The highest BCUT2D eigenvalue weighted by molar-refractivity contribution is 6.36. The highest BCUT2D eigenvalue weighted by Gasteiger charge is 2.31. The SMILES string of the molecule is Cc1c(NC(=O)c2nc3c(n2C)CCN(C2CCOCC2)C3)cccc1-c1cccc(NC(=O)c2nc3c(n2C)CCN(CCC2CCCCC2)C3)c1Cl. The first kappa shape index (κ1) is 36.9. The van der Waals surface area contributed by atoms with Gasteiger partial charge in [-0.05, 0) is 61.9 Å². The Hall–Kier alpha value is -4.03. The molecule has 0 spiro atoms. The Morgan fingerprint density at radius 1 is 0.796 bits per heavy atom. The van der Waals surface area contributed by atoms with Crippen molar-refractivity contribution in [3.05, 3.63) is 81.4 Å². The van der Waals surface area contributed by atoms with E-state index in [1.165, 1.54) is 38.5 Å². The summed E-state index contributed by atoms with van der Waals surface area (Å²) < 4.78 is 9.46. The maximum absolute atomic E-state index is 13.7. The van der Waals surface area contributed by atoms with Crippen molar-refractivity contribution in [2.24, 2.45) is 20.0 Å². The summed E-state index contributed by atoms with van der Waals surface area (Å²) in [6.07, 6.45) is 11.9. The molecule has 286 valence electrons. The fourth-order valence-corrected chi connectivity index (χ4v) is 9.46. The molecule has 8 rings (SSSR count). The fraction of sp³-hybridized carbons (Fsp3) is 0.524. The Kier molecular flexibility index (Phi) is 10.9. The second kappa shape index (κ2) is 16.0. The number of amides is 2. The molecule has 0 atom stereocenters. The van der Waals surface area contributed by atoms with Crippen LogP contribution in [0.3, 0.4) is 0 Å². The number of halogens is 1. The van der Waals surface area contributed by atoms with Gasteiger partial charge in [0.15, 0.2) is 11.6 Å². The van der Waals surface area contributed by atoms with E-state index in [1.807, 2.05) is 66.6 Å². The second-order valence-corrected chi connectivity index (χ2v) is 16.1. The number of imidazole rings is 2. The molecule has 2 fully saturated rings. The van der Waals surface area contributed by atoms with Crippen LogP contribution in [-0.2, 0) is 44.8 Å². The average Bonchev–Trinajstić information content (AvgIpc) is 3.71. The van der Waals surface area contributed by atoms with Gasteiger partial charge in [0.05, 0.1) is 22.1 Å². The topological polar surface area (TPSA) is 110 Å². The van der Waals surface area contributed by atoms with E-state index < -0.39 is 0 Å². The molecule has 1 saturated heterocycles. The minimum atomic E-state index is -0.286. The number of hydrogen-bond acceptors (Lipinski definition) is 7. The van der Waals surface area contributed by atoms with Gasteiger partial charge in [-0.1, -0.05) is 68.0 Å². The van der Waals surface area contributed by atoms with Gasteiger partial charge in [0, 0.05) is 95.0 Å². The molecule has 5 heterocycles. The molecule has 1 saturated carbocycles. The average molecular weight is 753 g/mol. The third-order valence-corrected chi connectivity index (χ3v) is 12.8. The van der Waals surface area contributed by atoms with Crippen LogP contribution in [0.25, 0.3) is 11.1 Å². The molecule has 4 aliphatic rings. The van der Waals surface area contributed by atoms with Crippen LogP contribution >= 0.6 is 11.6 Å². The Balaban J connectivity index is 0.946. The van der Waals surface area contributed by atoms with Crippen molar-refractivity contribution in [3.8, 4) is 11.1 Å². The monoisotopic (exact) mass is 752 g/mol. The Morgan fingerprint density at radius 3 is 2.11 bits per heavy atom. The summed E-state index contributed by atoms with van der Waals surface area (Å²) in [5.74, 6) is 1.11. The molecular weight excluding hydrogens is 700 g/mol. The minimum absolute atomic E-state index is 0.248. The maximum Gasteiger partial charge on any atom is 0.291 e. The van der Waals surface area contributed by atoms with E-state index in [1.54, 1.807) is 0 Å². The van der Waals surface area contributed by atoms with Crippen molar-refractivity contribution in [3.63, 3.8) is 0 Å². The highest BCUT2D eigenvalue weighted by Crippen LogP contribution is 2.38. The first-order valence-corrected chi connectivity index (χ1v) is 20.3. The zero-order chi connectivity index (χ0) is 37.3. The van der Waals surface area contributed by atoms with Crippen molar-refractivity contribution < 1.29 is 14.3 Å².